The number of hydrogen-bond donors (Lipinski definition) is 2. The number of anilines is 1. The molecule has 0 bridgehead atoms. The Balaban J connectivity index is 2.76. The Labute approximate surface area is 131 Å². The Morgan fingerprint density at radius 2 is 2.00 bits per heavy atom. The maximum atomic E-state index is 12.0. The van der Waals surface area contributed by atoms with Crippen molar-refractivity contribution in [1.29, 1.82) is 0 Å². The van der Waals surface area contributed by atoms with Crippen LogP contribution in [0.25, 0.3) is 0 Å². The fourth-order valence-electron chi connectivity index (χ4n) is 1.86. The maximum Gasteiger partial charge on any atom is 0.243 e. The molecule has 0 saturated heterocycles. The summed E-state index contributed by atoms with van der Waals surface area (Å²) in [7, 11) is 1.56. The lowest BCUT2D eigenvalue weighted by Gasteiger charge is -2.21. The summed E-state index contributed by atoms with van der Waals surface area (Å²) >= 11 is 0. The van der Waals surface area contributed by atoms with Gasteiger partial charge in [-0.15, -0.1) is 0 Å². The summed E-state index contributed by atoms with van der Waals surface area (Å²) in [6.45, 7) is 9.92. The van der Waals surface area contributed by atoms with Crippen LogP contribution in [-0.2, 0) is 15.0 Å². The molecule has 0 aliphatic carbocycles. The molecular formula is C17H24N2O3. The summed E-state index contributed by atoms with van der Waals surface area (Å²) in [5.74, 6) is 0.130. The molecule has 0 atom stereocenters. The highest BCUT2D eigenvalue weighted by Gasteiger charge is 2.16. The summed E-state index contributed by atoms with van der Waals surface area (Å²) in [4.78, 5) is 23.0. The summed E-state index contributed by atoms with van der Waals surface area (Å²) in [5.41, 5.74) is 1.71. The molecule has 0 spiro atoms. The van der Waals surface area contributed by atoms with E-state index in [0.717, 1.165) is 5.56 Å². The molecule has 0 radical (unpaired) electrons. The minimum atomic E-state index is -0.292. The van der Waals surface area contributed by atoms with Gasteiger partial charge in [0.25, 0.3) is 0 Å². The van der Waals surface area contributed by atoms with Gasteiger partial charge in [-0.25, -0.2) is 0 Å². The normalized spacial score (nSPS) is 10.7. The van der Waals surface area contributed by atoms with E-state index in [-0.39, 0.29) is 30.2 Å². The van der Waals surface area contributed by atoms with Gasteiger partial charge in [0.2, 0.25) is 11.8 Å². The van der Waals surface area contributed by atoms with Crippen molar-refractivity contribution in [1.82, 2.24) is 5.32 Å². The van der Waals surface area contributed by atoms with Gasteiger partial charge in [0.1, 0.15) is 5.75 Å². The van der Waals surface area contributed by atoms with E-state index in [1.807, 2.05) is 18.2 Å². The molecule has 5 nitrogen and oxygen atoms in total. The average molecular weight is 304 g/mol. The Kier molecular flexibility index (Phi) is 6.16. The Bertz CT molecular complexity index is 560. The second kappa shape index (κ2) is 7.64. The van der Waals surface area contributed by atoms with E-state index in [2.05, 4.69) is 38.0 Å². The number of hydrogen-bond acceptors (Lipinski definition) is 3. The first-order chi connectivity index (χ1) is 10.3. The van der Waals surface area contributed by atoms with Crippen molar-refractivity contribution in [2.24, 2.45) is 0 Å². The van der Waals surface area contributed by atoms with Crippen molar-refractivity contribution in [2.45, 2.75) is 32.6 Å². The van der Waals surface area contributed by atoms with E-state index in [0.29, 0.717) is 11.4 Å². The molecular weight excluding hydrogens is 280 g/mol. The van der Waals surface area contributed by atoms with Gasteiger partial charge in [-0.05, 0) is 29.2 Å². The first kappa shape index (κ1) is 17.8. The predicted octanol–water partition coefficient (Wildman–Crippen LogP) is 2.62. The number of ether oxygens (including phenoxy) is 1. The molecule has 0 fully saturated rings. The lowest BCUT2D eigenvalue weighted by Crippen LogP contribution is -2.26. The summed E-state index contributed by atoms with van der Waals surface area (Å²) in [6.07, 6.45) is 1.36. The first-order valence-electron chi connectivity index (χ1n) is 7.16. The van der Waals surface area contributed by atoms with Crippen LogP contribution in [0.15, 0.2) is 30.9 Å². The monoisotopic (exact) mass is 304 g/mol. The van der Waals surface area contributed by atoms with E-state index in [1.54, 1.807) is 7.11 Å². The molecule has 0 saturated carbocycles. The SMILES string of the molecule is C=CC(=O)NCCC(=O)Nc1cc(C(C)(C)C)ccc1OC. The van der Waals surface area contributed by atoms with E-state index < -0.39 is 0 Å². The quantitative estimate of drug-likeness (QED) is 0.794. The van der Waals surface area contributed by atoms with Gasteiger partial charge in [-0.3, -0.25) is 9.59 Å². The second-order valence-corrected chi connectivity index (χ2v) is 5.96. The minimum Gasteiger partial charge on any atom is -0.495 e. The van der Waals surface area contributed by atoms with Crippen LogP contribution in [0.1, 0.15) is 32.8 Å². The zero-order valence-corrected chi connectivity index (χ0v) is 13.7. The molecule has 1 aromatic rings. The van der Waals surface area contributed by atoms with Crippen LogP contribution in [0.3, 0.4) is 0 Å². The smallest absolute Gasteiger partial charge is 0.243 e. The standard InChI is InChI=1S/C17H24N2O3/c1-6-15(20)18-10-9-16(21)19-13-11-12(17(2,3)4)7-8-14(13)22-5/h6-8,11H,1,9-10H2,2-5H3,(H,18,20)(H,19,21). The zero-order chi connectivity index (χ0) is 16.8. The van der Waals surface area contributed by atoms with Crippen molar-refractivity contribution >= 4 is 17.5 Å². The number of benzene rings is 1. The van der Waals surface area contributed by atoms with Crippen molar-refractivity contribution in [2.75, 3.05) is 19.0 Å². The summed E-state index contributed by atoms with van der Waals surface area (Å²) in [6, 6.07) is 5.74. The highest BCUT2D eigenvalue weighted by molar-refractivity contribution is 5.93. The Morgan fingerprint density at radius 3 is 2.55 bits per heavy atom. The van der Waals surface area contributed by atoms with E-state index >= 15 is 0 Å². The van der Waals surface area contributed by atoms with Crippen LogP contribution in [0.4, 0.5) is 5.69 Å². The van der Waals surface area contributed by atoms with Crippen LogP contribution in [-0.4, -0.2) is 25.5 Å². The number of rotatable bonds is 6. The predicted molar refractivity (Wildman–Crippen MR) is 88.1 cm³/mol. The van der Waals surface area contributed by atoms with Crippen molar-refractivity contribution < 1.29 is 14.3 Å². The molecule has 1 aromatic carbocycles. The third-order valence-corrected chi connectivity index (χ3v) is 3.18. The highest BCUT2D eigenvalue weighted by Crippen LogP contribution is 2.31. The average Bonchev–Trinajstić information content (AvgIpc) is 2.45. The van der Waals surface area contributed by atoms with Gasteiger partial charge in [-0.1, -0.05) is 33.4 Å². The highest BCUT2D eigenvalue weighted by atomic mass is 16.5. The van der Waals surface area contributed by atoms with Crippen molar-refractivity contribution in [3.8, 4) is 5.75 Å². The topological polar surface area (TPSA) is 67.4 Å². The Hall–Kier alpha value is -2.30. The molecule has 1 rings (SSSR count). The molecule has 0 unspecified atom stereocenters. The first-order valence-corrected chi connectivity index (χ1v) is 7.16. The maximum absolute atomic E-state index is 12.0. The molecule has 0 heterocycles. The molecule has 0 aliphatic rings. The number of amides is 2. The number of nitrogens with one attached hydrogen (secondary N) is 2. The minimum absolute atomic E-state index is 0.0241. The van der Waals surface area contributed by atoms with Gasteiger partial charge >= 0.3 is 0 Å². The van der Waals surface area contributed by atoms with Gasteiger partial charge in [0.05, 0.1) is 12.8 Å². The zero-order valence-electron chi connectivity index (χ0n) is 13.7. The molecule has 2 N–H and O–H groups in total. The molecule has 22 heavy (non-hydrogen) atoms. The largest absolute Gasteiger partial charge is 0.495 e. The van der Waals surface area contributed by atoms with Crippen LogP contribution < -0.4 is 15.4 Å². The second-order valence-electron chi connectivity index (χ2n) is 5.96. The van der Waals surface area contributed by atoms with Crippen molar-refractivity contribution in [3.05, 3.63) is 36.4 Å². The summed E-state index contributed by atoms with van der Waals surface area (Å²) in [5, 5.41) is 5.39. The number of carbonyl (C=O) groups excluding carboxylic acids is 2. The van der Waals surface area contributed by atoms with Gasteiger partial charge < -0.3 is 15.4 Å². The summed E-state index contributed by atoms with van der Waals surface area (Å²) < 4.78 is 5.28. The molecule has 5 heteroatoms. The van der Waals surface area contributed by atoms with E-state index in [4.69, 9.17) is 4.74 Å². The molecule has 0 aliphatic heterocycles. The lowest BCUT2D eigenvalue weighted by atomic mass is 9.87. The van der Waals surface area contributed by atoms with E-state index in [1.165, 1.54) is 6.08 Å². The molecule has 0 aromatic heterocycles. The van der Waals surface area contributed by atoms with Crippen LogP contribution in [0.5, 0.6) is 5.75 Å². The van der Waals surface area contributed by atoms with Crippen LogP contribution in [0.2, 0.25) is 0 Å². The third kappa shape index (κ3) is 5.24. The fraction of sp³-hybridized carbons (Fsp3) is 0.412. The van der Waals surface area contributed by atoms with Gasteiger partial charge in [-0.2, -0.15) is 0 Å². The third-order valence-electron chi connectivity index (χ3n) is 3.18. The van der Waals surface area contributed by atoms with Crippen LogP contribution >= 0.6 is 0 Å². The van der Waals surface area contributed by atoms with Gasteiger partial charge in [0.15, 0.2) is 0 Å². The number of methoxy groups -OCH3 is 1. The van der Waals surface area contributed by atoms with E-state index in [9.17, 15) is 9.59 Å². The number of carbonyl (C=O) groups is 2. The molecule has 120 valence electrons. The van der Waals surface area contributed by atoms with Crippen LogP contribution in [0, 0.1) is 0 Å². The van der Waals surface area contributed by atoms with Crippen molar-refractivity contribution in [3.63, 3.8) is 0 Å². The fourth-order valence-corrected chi connectivity index (χ4v) is 1.86. The molecule has 2 amide bonds. The lowest BCUT2D eigenvalue weighted by molar-refractivity contribution is -0.117. The van der Waals surface area contributed by atoms with Gasteiger partial charge in [0, 0.05) is 13.0 Å². The Morgan fingerprint density at radius 1 is 1.32 bits per heavy atom.